The summed E-state index contributed by atoms with van der Waals surface area (Å²) in [4.78, 5) is 0. The number of benzene rings is 1. The van der Waals surface area contributed by atoms with E-state index in [-0.39, 0.29) is 5.56 Å². The Hall–Kier alpha value is -1.28. The standard InChI is InChI=1S/C11H11F6NO/c12-7-2-1-6(3-8(7)13)9(19)4-18-5-11(16,17)10(14)15/h1-3,9-10,18-19H,4-5H2. The van der Waals surface area contributed by atoms with Crippen molar-refractivity contribution in [2.75, 3.05) is 13.1 Å². The molecule has 8 heteroatoms. The first-order chi connectivity index (χ1) is 8.74. The Kier molecular flexibility index (Phi) is 5.19. The fourth-order valence-corrected chi connectivity index (χ4v) is 1.29. The van der Waals surface area contributed by atoms with Gasteiger partial charge in [-0.3, -0.25) is 0 Å². The van der Waals surface area contributed by atoms with E-state index in [1.807, 2.05) is 5.32 Å². The zero-order chi connectivity index (χ0) is 14.6. The first-order valence-electron chi connectivity index (χ1n) is 5.23. The third-order valence-electron chi connectivity index (χ3n) is 2.35. The predicted molar refractivity (Wildman–Crippen MR) is 55.1 cm³/mol. The van der Waals surface area contributed by atoms with Crippen LogP contribution in [0.3, 0.4) is 0 Å². The highest BCUT2D eigenvalue weighted by atomic mass is 19.3. The van der Waals surface area contributed by atoms with Crippen molar-refractivity contribution in [2.45, 2.75) is 18.5 Å². The Labute approximate surface area is 105 Å². The van der Waals surface area contributed by atoms with Crippen LogP contribution >= 0.6 is 0 Å². The van der Waals surface area contributed by atoms with E-state index in [1.165, 1.54) is 0 Å². The van der Waals surface area contributed by atoms with Gasteiger partial charge in [0.15, 0.2) is 11.6 Å². The van der Waals surface area contributed by atoms with Gasteiger partial charge in [0, 0.05) is 6.54 Å². The minimum Gasteiger partial charge on any atom is -0.387 e. The second kappa shape index (κ2) is 6.25. The molecule has 0 spiro atoms. The molecular formula is C11H11F6NO. The summed E-state index contributed by atoms with van der Waals surface area (Å²) in [6, 6.07) is 2.53. The van der Waals surface area contributed by atoms with Crippen LogP contribution in [-0.4, -0.2) is 30.5 Å². The largest absolute Gasteiger partial charge is 0.387 e. The first kappa shape index (κ1) is 15.8. The quantitative estimate of drug-likeness (QED) is 0.788. The average Bonchev–Trinajstić information content (AvgIpc) is 2.32. The summed E-state index contributed by atoms with van der Waals surface area (Å²) in [5.41, 5.74) is -0.0493. The Morgan fingerprint density at radius 2 is 1.79 bits per heavy atom. The third kappa shape index (κ3) is 4.39. The molecule has 0 aliphatic heterocycles. The van der Waals surface area contributed by atoms with E-state index in [4.69, 9.17) is 0 Å². The highest BCUT2D eigenvalue weighted by Crippen LogP contribution is 2.22. The van der Waals surface area contributed by atoms with E-state index in [2.05, 4.69) is 0 Å². The van der Waals surface area contributed by atoms with Crippen molar-refractivity contribution in [1.29, 1.82) is 0 Å². The van der Waals surface area contributed by atoms with Gasteiger partial charge in [0.25, 0.3) is 0 Å². The average molecular weight is 287 g/mol. The molecule has 2 N–H and O–H groups in total. The van der Waals surface area contributed by atoms with Crippen LogP contribution in [0.2, 0.25) is 0 Å². The van der Waals surface area contributed by atoms with Crippen LogP contribution in [0.5, 0.6) is 0 Å². The second-order valence-electron chi connectivity index (χ2n) is 3.88. The Bertz CT molecular complexity index is 426. The van der Waals surface area contributed by atoms with E-state index in [0.29, 0.717) is 6.07 Å². The highest BCUT2D eigenvalue weighted by Gasteiger charge is 2.40. The van der Waals surface area contributed by atoms with Gasteiger partial charge in [-0.15, -0.1) is 0 Å². The summed E-state index contributed by atoms with van der Waals surface area (Å²) in [6.07, 6.45) is -5.23. The van der Waals surface area contributed by atoms with E-state index in [9.17, 15) is 31.4 Å². The first-order valence-corrected chi connectivity index (χ1v) is 5.23. The van der Waals surface area contributed by atoms with Gasteiger partial charge in [0.2, 0.25) is 0 Å². The van der Waals surface area contributed by atoms with E-state index in [0.717, 1.165) is 12.1 Å². The SMILES string of the molecule is OC(CNCC(F)(F)C(F)F)c1ccc(F)c(F)c1. The number of hydrogen-bond acceptors (Lipinski definition) is 2. The number of alkyl halides is 4. The second-order valence-corrected chi connectivity index (χ2v) is 3.88. The zero-order valence-electron chi connectivity index (χ0n) is 9.52. The summed E-state index contributed by atoms with van der Waals surface area (Å²) in [7, 11) is 0. The summed E-state index contributed by atoms with van der Waals surface area (Å²) in [5.74, 6) is -6.53. The van der Waals surface area contributed by atoms with Gasteiger partial charge in [-0.25, -0.2) is 17.6 Å². The molecule has 1 atom stereocenters. The van der Waals surface area contributed by atoms with Crippen LogP contribution in [0.15, 0.2) is 18.2 Å². The van der Waals surface area contributed by atoms with Gasteiger partial charge in [-0.1, -0.05) is 6.07 Å². The molecule has 1 aromatic rings. The molecule has 0 aliphatic carbocycles. The minimum atomic E-state index is -4.21. The number of rotatable bonds is 6. The van der Waals surface area contributed by atoms with Crippen molar-refractivity contribution in [2.24, 2.45) is 0 Å². The Balaban J connectivity index is 2.52. The normalized spacial score (nSPS) is 13.9. The smallest absolute Gasteiger partial charge is 0.319 e. The molecule has 0 bridgehead atoms. The van der Waals surface area contributed by atoms with Crippen LogP contribution < -0.4 is 5.32 Å². The molecule has 0 aliphatic rings. The summed E-state index contributed by atoms with van der Waals surface area (Å²) in [5, 5.41) is 11.4. The van der Waals surface area contributed by atoms with Crippen molar-refractivity contribution in [1.82, 2.24) is 5.32 Å². The van der Waals surface area contributed by atoms with Crippen molar-refractivity contribution in [3.63, 3.8) is 0 Å². The molecule has 0 saturated carbocycles. The molecule has 108 valence electrons. The van der Waals surface area contributed by atoms with Crippen molar-refractivity contribution in [3.05, 3.63) is 35.4 Å². The molecule has 0 fully saturated rings. The molecule has 0 saturated heterocycles. The van der Waals surface area contributed by atoms with Crippen LogP contribution in [0.4, 0.5) is 26.3 Å². The fraction of sp³-hybridized carbons (Fsp3) is 0.455. The van der Waals surface area contributed by atoms with Crippen molar-refractivity contribution >= 4 is 0 Å². The molecule has 1 aromatic carbocycles. The van der Waals surface area contributed by atoms with Crippen molar-refractivity contribution < 1.29 is 31.4 Å². The lowest BCUT2D eigenvalue weighted by Crippen LogP contribution is -2.40. The summed E-state index contributed by atoms with van der Waals surface area (Å²) >= 11 is 0. The number of aliphatic hydroxyl groups is 1. The molecule has 0 aromatic heterocycles. The lowest BCUT2D eigenvalue weighted by molar-refractivity contribution is -0.125. The molecule has 0 heterocycles. The van der Waals surface area contributed by atoms with E-state index < -0.39 is 43.2 Å². The summed E-state index contributed by atoms with van der Waals surface area (Å²) < 4.78 is 74.1. The molecule has 0 radical (unpaired) electrons. The zero-order valence-corrected chi connectivity index (χ0v) is 9.52. The van der Waals surface area contributed by atoms with Gasteiger partial charge in [-0.05, 0) is 17.7 Å². The maximum Gasteiger partial charge on any atom is 0.319 e. The Morgan fingerprint density at radius 3 is 2.32 bits per heavy atom. The molecule has 1 unspecified atom stereocenters. The fourth-order valence-electron chi connectivity index (χ4n) is 1.29. The van der Waals surface area contributed by atoms with Gasteiger partial charge < -0.3 is 10.4 Å². The molecular weight excluding hydrogens is 276 g/mol. The van der Waals surface area contributed by atoms with Gasteiger partial charge in [0.05, 0.1) is 12.6 Å². The maximum atomic E-state index is 12.8. The maximum absolute atomic E-state index is 12.8. The van der Waals surface area contributed by atoms with Crippen molar-refractivity contribution in [3.8, 4) is 0 Å². The van der Waals surface area contributed by atoms with Gasteiger partial charge in [0.1, 0.15) is 0 Å². The number of nitrogens with one attached hydrogen (secondary N) is 1. The van der Waals surface area contributed by atoms with Crippen LogP contribution in [0, 0.1) is 11.6 Å². The highest BCUT2D eigenvalue weighted by molar-refractivity contribution is 5.20. The van der Waals surface area contributed by atoms with E-state index in [1.54, 1.807) is 0 Å². The number of halogens is 6. The van der Waals surface area contributed by atoms with E-state index >= 15 is 0 Å². The minimum absolute atomic E-state index is 0.0493. The third-order valence-corrected chi connectivity index (χ3v) is 2.35. The lowest BCUT2D eigenvalue weighted by atomic mass is 10.1. The molecule has 0 amide bonds. The van der Waals surface area contributed by atoms with Crippen LogP contribution in [0.1, 0.15) is 11.7 Å². The predicted octanol–water partition coefficient (Wildman–Crippen LogP) is 2.49. The van der Waals surface area contributed by atoms with Crippen LogP contribution in [-0.2, 0) is 0 Å². The summed E-state index contributed by atoms with van der Waals surface area (Å²) in [6.45, 7) is -1.82. The molecule has 19 heavy (non-hydrogen) atoms. The molecule has 2 nitrogen and oxygen atoms in total. The van der Waals surface area contributed by atoms with Crippen LogP contribution in [0.25, 0.3) is 0 Å². The number of hydrogen-bond donors (Lipinski definition) is 2. The Morgan fingerprint density at radius 1 is 1.16 bits per heavy atom. The topological polar surface area (TPSA) is 32.3 Å². The number of aliphatic hydroxyl groups excluding tert-OH is 1. The van der Waals surface area contributed by atoms with Gasteiger partial charge >= 0.3 is 12.3 Å². The molecule has 1 rings (SSSR count). The van der Waals surface area contributed by atoms with Gasteiger partial charge in [-0.2, -0.15) is 8.78 Å². The lowest BCUT2D eigenvalue weighted by Gasteiger charge is -2.18. The monoisotopic (exact) mass is 287 g/mol.